The molecule has 2 aromatic carbocycles. The number of aromatic hydroxyl groups is 1. The Balaban J connectivity index is 1.82. The van der Waals surface area contributed by atoms with Crippen LogP contribution in [0.4, 0.5) is 0 Å². The van der Waals surface area contributed by atoms with Gasteiger partial charge in [0.1, 0.15) is 5.75 Å². The van der Waals surface area contributed by atoms with Crippen LogP contribution in [-0.4, -0.2) is 29.5 Å². The third-order valence-electron chi connectivity index (χ3n) is 3.41. The zero-order valence-electron chi connectivity index (χ0n) is 13.3. The highest BCUT2D eigenvalue weighted by atomic mass is 16.5. The second-order valence-electron chi connectivity index (χ2n) is 4.92. The average Bonchev–Trinajstić information content (AvgIpc) is 3.08. The van der Waals surface area contributed by atoms with Crippen LogP contribution >= 0.6 is 0 Å². The number of hydrogen-bond donors (Lipinski definition) is 1. The molecular formula is C18H16N2O4. The normalized spacial score (nSPS) is 10.9. The number of nitrogens with zero attached hydrogens (tertiary/aromatic N) is 2. The minimum absolute atomic E-state index is 0.0940. The quantitative estimate of drug-likeness (QED) is 0.772. The van der Waals surface area contributed by atoms with Gasteiger partial charge >= 0.3 is 0 Å². The molecule has 0 aliphatic carbocycles. The minimum atomic E-state index is 0.0940. The molecule has 0 fully saturated rings. The van der Waals surface area contributed by atoms with E-state index in [1.165, 1.54) is 0 Å². The summed E-state index contributed by atoms with van der Waals surface area (Å²) in [6.07, 6.45) is 3.55. The molecule has 6 heteroatoms. The van der Waals surface area contributed by atoms with Crippen molar-refractivity contribution in [2.75, 3.05) is 14.2 Å². The van der Waals surface area contributed by atoms with E-state index in [-0.39, 0.29) is 11.6 Å². The number of phenols is 1. The third kappa shape index (κ3) is 3.22. The first-order chi connectivity index (χ1) is 11.7. The lowest BCUT2D eigenvalue weighted by Gasteiger charge is -2.07. The van der Waals surface area contributed by atoms with Crippen LogP contribution in [0.25, 0.3) is 23.6 Å². The van der Waals surface area contributed by atoms with Gasteiger partial charge in [0.15, 0.2) is 17.3 Å². The van der Waals surface area contributed by atoms with Gasteiger partial charge in [0.05, 0.1) is 19.8 Å². The summed E-state index contributed by atoms with van der Waals surface area (Å²) >= 11 is 0. The number of hydrogen-bond acceptors (Lipinski definition) is 6. The molecule has 122 valence electrons. The van der Waals surface area contributed by atoms with Crippen molar-refractivity contribution in [3.63, 3.8) is 0 Å². The summed E-state index contributed by atoms with van der Waals surface area (Å²) in [4.78, 5) is 4.25. The summed E-state index contributed by atoms with van der Waals surface area (Å²) in [5.41, 5.74) is 1.40. The van der Waals surface area contributed by atoms with Crippen molar-refractivity contribution >= 4 is 12.2 Å². The summed E-state index contributed by atoms with van der Waals surface area (Å²) < 4.78 is 15.7. The molecule has 0 amide bonds. The van der Waals surface area contributed by atoms with Gasteiger partial charge in [0, 0.05) is 0 Å². The van der Waals surface area contributed by atoms with Gasteiger partial charge in [-0.1, -0.05) is 29.4 Å². The van der Waals surface area contributed by atoms with Crippen molar-refractivity contribution in [2.24, 2.45) is 0 Å². The van der Waals surface area contributed by atoms with Gasteiger partial charge < -0.3 is 19.1 Å². The maximum absolute atomic E-state index is 9.82. The number of para-hydroxylation sites is 1. The highest BCUT2D eigenvalue weighted by Gasteiger charge is 2.10. The Morgan fingerprint density at radius 2 is 1.79 bits per heavy atom. The van der Waals surface area contributed by atoms with E-state index in [1.807, 2.05) is 24.3 Å². The molecule has 1 heterocycles. The van der Waals surface area contributed by atoms with Crippen molar-refractivity contribution in [1.29, 1.82) is 0 Å². The van der Waals surface area contributed by atoms with Crippen LogP contribution in [0.2, 0.25) is 0 Å². The summed E-state index contributed by atoms with van der Waals surface area (Å²) in [6.45, 7) is 0. The van der Waals surface area contributed by atoms with Crippen molar-refractivity contribution in [3.05, 3.63) is 53.9 Å². The molecule has 24 heavy (non-hydrogen) atoms. The van der Waals surface area contributed by atoms with E-state index in [1.54, 1.807) is 44.6 Å². The van der Waals surface area contributed by atoms with Crippen molar-refractivity contribution < 1.29 is 19.1 Å². The first-order valence-corrected chi connectivity index (χ1v) is 7.23. The Labute approximate surface area is 139 Å². The second-order valence-corrected chi connectivity index (χ2v) is 4.92. The van der Waals surface area contributed by atoms with E-state index in [9.17, 15) is 5.11 Å². The number of methoxy groups -OCH3 is 2. The molecule has 0 radical (unpaired) electrons. The lowest BCUT2D eigenvalue weighted by Crippen LogP contribution is -1.90. The fourth-order valence-electron chi connectivity index (χ4n) is 2.19. The predicted octanol–water partition coefficient (Wildman–Crippen LogP) is 3.63. The fourth-order valence-corrected chi connectivity index (χ4v) is 2.19. The number of aromatic nitrogens is 2. The average molecular weight is 324 g/mol. The number of phenolic OH excluding ortho intramolecular Hbond substituents is 1. The van der Waals surface area contributed by atoms with Crippen molar-refractivity contribution in [3.8, 4) is 28.7 Å². The molecule has 0 aliphatic heterocycles. The number of ether oxygens (including phenoxy) is 2. The van der Waals surface area contributed by atoms with Gasteiger partial charge in [-0.3, -0.25) is 0 Å². The zero-order valence-corrected chi connectivity index (χ0v) is 13.3. The first kappa shape index (κ1) is 15.6. The summed E-state index contributed by atoms with van der Waals surface area (Å²) in [7, 11) is 3.18. The number of rotatable bonds is 5. The Kier molecular flexibility index (Phi) is 4.47. The molecule has 1 N–H and O–H groups in total. The van der Waals surface area contributed by atoms with Crippen LogP contribution in [-0.2, 0) is 0 Å². The van der Waals surface area contributed by atoms with E-state index in [0.717, 1.165) is 5.56 Å². The van der Waals surface area contributed by atoms with Crippen molar-refractivity contribution in [2.45, 2.75) is 0 Å². The summed E-state index contributed by atoms with van der Waals surface area (Å²) in [6, 6.07) is 12.4. The lowest BCUT2D eigenvalue weighted by molar-refractivity contribution is 0.355. The molecule has 3 aromatic rings. The highest BCUT2D eigenvalue weighted by Crippen LogP contribution is 2.29. The monoisotopic (exact) mass is 324 g/mol. The minimum Gasteiger partial charge on any atom is -0.507 e. The summed E-state index contributed by atoms with van der Waals surface area (Å²) in [5, 5.41) is 13.7. The number of benzene rings is 2. The van der Waals surface area contributed by atoms with Crippen molar-refractivity contribution in [1.82, 2.24) is 10.1 Å². The van der Waals surface area contributed by atoms with Crippen LogP contribution < -0.4 is 9.47 Å². The topological polar surface area (TPSA) is 77.6 Å². The molecule has 6 nitrogen and oxygen atoms in total. The molecule has 0 saturated carbocycles. The first-order valence-electron chi connectivity index (χ1n) is 7.23. The van der Waals surface area contributed by atoms with Gasteiger partial charge in [-0.05, 0) is 35.9 Å². The Morgan fingerprint density at radius 1 is 1.00 bits per heavy atom. The zero-order chi connectivity index (χ0) is 16.9. The molecular weight excluding hydrogens is 308 g/mol. The van der Waals surface area contributed by atoms with E-state index in [4.69, 9.17) is 14.0 Å². The molecule has 1 aromatic heterocycles. The van der Waals surface area contributed by atoms with E-state index in [0.29, 0.717) is 22.9 Å². The van der Waals surface area contributed by atoms with Gasteiger partial charge in [-0.15, -0.1) is 0 Å². The molecule has 0 bridgehead atoms. The lowest BCUT2D eigenvalue weighted by atomic mass is 10.2. The Hall–Kier alpha value is -3.28. The predicted molar refractivity (Wildman–Crippen MR) is 89.9 cm³/mol. The Morgan fingerprint density at radius 3 is 2.54 bits per heavy atom. The van der Waals surface area contributed by atoms with Gasteiger partial charge in [-0.25, -0.2) is 0 Å². The summed E-state index contributed by atoms with van der Waals surface area (Å²) in [5.74, 6) is 2.07. The van der Waals surface area contributed by atoms with Gasteiger partial charge in [0.25, 0.3) is 5.89 Å². The molecule has 0 atom stereocenters. The van der Waals surface area contributed by atoms with Crippen LogP contribution in [0.3, 0.4) is 0 Å². The van der Waals surface area contributed by atoms with Crippen LogP contribution in [0.1, 0.15) is 11.4 Å². The van der Waals surface area contributed by atoms with Crippen LogP contribution in [0.15, 0.2) is 47.0 Å². The van der Waals surface area contributed by atoms with E-state index < -0.39 is 0 Å². The Bertz CT molecular complexity index is 871. The molecule has 0 unspecified atom stereocenters. The van der Waals surface area contributed by atoms with Crippen LogP contribution in [0.5, 0.6) is 17.2 Å². The SMILES string of the molecule is COc1ccc(/C=C/c2noc(-c3ccccc3O)n2)cc1OC. The smallest absolute Gasteiger partial charge is 0.261 e. The molecule has 0 aliphatic rings. The van der Waals surface area contributed by atoms with Gasteiger partial charge in [0.2, 0.25) is 0 Å². The highest BCUT2D eigenvalue weighted by molar-refractivity contribution is 5.69. The largest absolute Gasteiger partial charge is 0.507 e. The van der Waals surface area contributed by atoms with Crippen LogP contribution in [0, 0.1) is 0 Å². The maximum Gasteiger partial charge on any atom is 0.261 e. The second kappa shape index (κ2) is 6.87. The standard InChI is InChI=1S/C18H16N2O4/c1-22-15-9-7-12(11-16(15)23-2)8-10-17-19-18(24-20-17)13-5-3-4-6-14(13)21/h3-11,21H,1-2H3/b10-8+. The van der Waals surface area contributed by atoms with E-state index in [2.05, 4.69) is 10.1 Å². The molecule has 0 saturated heterocycles. The van der Waals surface area contributed by atoms with E-state index >= 15 is 0 Å². The molecule has 0 spiro atoms. The molecule has 3 rings (SSSR count). The van der Waals surface area contributed by atoms with Gasteiger partial charge in [-0.2, -0.15) is 4.98 Å². The maximum atomic E-state index is 9.82. The third-order valence-corrected chi connectivity index (χ3v) is 3.41. The fraction of sp³-hybridized carbons (Fsp3) is 0.111.